The lowest BCUT2D eigenvalue weighted by Gasteiger charge is -2.30. The molecule has 2 nitrogen and oxygen atoms in total. The van der Waals surface area contributed by atoms with E-state index in [0.29, 0.717) is 6.10 Å². The molecule has 102 valence electrons. The Kier molecular flexibility index (Phi) is 3.47. The lowest BCUT2D eigenvalue weighted by molar-refractivity contribution is 0.361. The zero-order valence-corrected chi connectivity index (χ0v) is 12.3. The van der Waals surface area contributed by atoms with Crippen LogP contribution in [0.5, 0.6) is 0 Å². The van der Waals surface area contributed by atoms with Gasteiger partial charge in [0.05, 0.1) is 5.69 Å². The van der Waals surface area contributed by atoms with Crippen LogP contribution in [0, 0.1) is 6.10 Å². The van der Waals surface area contributed by atoms with Crippen molar-refractivity contribution >= 4 is 17.4 Å². The molecule has 0 spiro atoms. The van der Waals surface area contributed by atoms with E-state index in [-0.39, 0.29) is 0 Å². The first-order valence-electron chi connectivity index (χ1n) is 6.57. The van der Waals surface area contributed by atoms with E-state index in [1.54, 1.807) is 17.8 Å². The standard InChI is InChI=1S/C17H16NOS/c1-3-12(2)18-14-9-5-7-11-16(14)20-17(18)13-8-4-6-10-15(13)19/h3-11,19H,1-2H3/q-1. The zero-order valence-electron chi connectivity index (χ0n) is 11.5. The number of nitrogens with zero attached hydrogens (tertiary/aromatic N) is 1. The molecule has 0 saturated heterocycles. The molecule has 3 rings (SSSR count). The van der Waals surface area contributed by atoms with Crippen LogP contribution >= 0.6 is 11.8 Å². The predicted octanol–water partition coefficient (Wildman–Crippen LogP) is 4.76. The topological polar surface area (TPSA) is 23.5 Å². The maximum Gasteiger partial charge on any atom is 0.0507 e. The Morgan fingerprint density at radius 2 is 2.10 bits per heavy atom. The quantitative estimate of drug-likeness (QED) is 0.751. The molecule has 0 fully saturated rings. The first kappa shape index (κ1) is 13.2. The molecule has 1 aromatic rings. The van der Waals surface area contributed by atoms with Crippen molar-refractivity contribution in [3.8, 4) is 0 Å². The van der Waals surface area contributed by atoms with Gasteiger partial charge in [0.15, 0.2) is 0 Å². The van der Waals surface area contributed by atoms with Crippen molar-refractivity contribution in [2.24, 2.45) is 0 Å². The summed E-state index contributed by atoms with van der Waals surface area (Å²) in [5.74, 6) is 0. The summed E-state index contributed by atoms with van der Waals surface area (Å²) < 4.78 is 0. The predicted molar refractivity (Wildman–Crippen MR) is 84.7 cm³/mol. The third-order valence-corrected chi connectivity index (χ3v) is 4.58. The van der Waals surface area contributed by atoms with Crippen LogP contribution in [0.4, 0.5) is 5.69 Å². The van der Waals surface area contributed by atoms with Crippen molar-refractivity contribution in [2.45, 2.75) is 18.7 Å². The zero-order chi connectivity index (χ0) is 14.1. The van der Waals surface area contributed by atoms with Crippen molar-refractivity contribution in [1.29, 1.82) is 0 Å². The Morgan fingerprint density at radius 1 is 1.30 bits per heavy atom. The monoisotopic (exact) mass is 282 g/mol. The van der Waals surface area contributed by atoms with Crippen LogP contribution in [0.3, 0.4) is 0 Å². The lowest BCUT2D eigenvalue weighted by atomic mass is 10.1. The second-order valence-electron chi connectivity index (χ2n) is 4.66. The van der Waals surface area contributed by atoms with Gasteiger partial charge >= 0.3 is 0 Å². The first-order chi connectivity index (χ1) is 9.72. The normalized spacial score (nSPS) is 21.6. The number of allylic oxidation sites excluding steroid dienone is 4. The van der Waals surface area contributed by atoms with Crippen molar-refractivity contribution in [2.75, 3.05) is 4.90 Å². The lowest BCUT2D eigenvalue weighted by Crippen LogP contribution is -2.18. The number of rotatable bonds is 1. The van der Waals surface area contributed by atoms with Gasteiger partial charge in [-0.3, -0.25) is 0 Å². The Morgan fingerprint density at radius 3 is 2.85 bits per heavy atom. The largest absolute Gasteiger partial charge is 0.407 e. The van der Waals surface area contributed by atoms with E-state index in [2.05, 4.69) is 30.0 Å². The third-order valence-electron chi connectivity index (χ3n) is 3.42. The van der Waals surface area contributed by atoms with Gasteiger partial charge in [0.2, 0.25) is 0 Å². The summed E-state index contributed by atoms with van der Waals surface area (Å²) in [7, 11) is 0. The number of fused-ring (bicyclic) bond motifs is 1. The van der Waals surface area contributed by atoms with Crippen molar-refractivity contribution in [1.82, 2.24) is 0 Å². The number of aliphatic hydroxyl groups is 1. The van der Waals surface area contributed by atoms with Gasteiger partial charge < -0.3 is 10.0 Å². The molecule has 1 aromatic carbocycles. The molecule has 3 heteroatoms. The molecule has 1 heterocycles. The van der Waals surface area contributed by atoms with E-state index in [1.165, 1.54) is 10.6 Å². The van der Waals surface area contributed by atoms with E-state index in [1.807, 2.05) is 37.3 Å². The molecular weight excluding hydrogens is 266 g/mol. The molecule has 0 radical (unpaired) electrons. The fourth-order valence-corrected chi connectivity index (χ4v) is 3.53. The molecule has 0 unspecified atom stereocenters. The van der Waals surface area contributed by atoms with Crippen LogP contribution < -0.4 is 4.90 Å². The molecular formula is C17H16NOS-. The van der Waals surface area contributed by atoms with E-state index in [0.717, 1.165) is 16.3 Å². The minimum absolute atomic E-state index is 0.316. The molecule has 1 aliphatic carbocycles. The van der Waals surface area contributed by atoms with Crippen LogP contribution in [-0.2, 0) is 0 Å². The van der Waals surface area contributed by atoms with Crippen LogP contribution in [0.2, 0.25) is 0 Å². The number of thioether (sulfide) groups is 1. The van der Waals surface area contributed by atoms with Gasteiger partial charge in [-0.25, -0.2) is 0 Å². The average Bonchev–Trinajstić information content (AvgIpc) is 2.86. The summed E-state index contributed by atoms with van der Waals surface area (Å²) in [5.41, 5.74) is 3.20. The highest BCUT2D eigenvalue weighted by Crippen LogP contribution is 2.50. The van der Waals surface area contributed by atoms with Gasteiger partial charge in [0, 0.05) is 15.6 Å². The fourth-order valence-electron chi connectivity index (χ4n) is 2.30. The number of anilines is 1. The highest BCUT2D eigenvalue weighted by Gasteiger charge is 2.25. The van der Waals surface area contributed by atoms with Gasteiger partial charge in [0.25, 0.3) is 0 Å². The molecule has 1 aliphatic heterocycles. The second-order valence-corrected chi connectivity index (χ2v) is 5.69. The maximum atomic E-state index is 10.1. The van der Waals surface area contributed by atoms with Crippen LogP contribution in [0.1, 0.15) is 13.8 Å². The molecule has 2 aliphatic rings. The summed E-state index contributed by atoms with van der Waals surface area (Å²) in [4.78, 5) is 3.42. The Labute approximate surface area is 123 Å². The molecule has 20 heavy (non-hydrogen) atoms. The number of para-hydroxylation sites is 1. The number of hydrogen-bond acceptors (Lipinski definition) is 3. The third kappa shape index (κ3) is 2.09. The highest BCUT2D eigenvalue weighted by molar-refractivity contribution is 8.03. The first-order valence-corrected chi connectivity index (χ1v) is 7.39. The second kappa shape index (κ2) is 5.27. The van der Waals surface area contributed by atoms with E-state index < -0.39 is 0 Å². The van der Waals surface area contributed by atoms with Gasteiger partial charge in [0.1, 0.15) is 0 Å². The highest BCUT2D eigenvalue weighted by atomic mass is 32.2. The molecule has 0 saturated carbocycles. The fraction of sp³-hybridized carbons (Fsp3) is 0.118. The van der Waals surface area contributed by atoms with Crippen molar-refractivity contribution in [3.63, 3.8) is 0 Å². The van der Waals surface area contributed by atoms with Crippen LogP contribution in [0.25, 0.3) is 0 Å². The summed E-state index contributed by atoms with van der Waals surface area (Å²) in [5, 5.41) is 11.2. The smallest absolute Gasteiger partial charge is 0.0507 e. The Balaban J connectivity index is 2.16. The summed E-state index contributed by atoms with van der Waals surface area (Å²) in [6, 6.07) is 8.32. The average molecular weight is 282 g/mol. The van der Waals surface area contributed by atoms with E-state index >= 15 is 0 Å². The molecule has 1 N–H and O–H groups in total. The Hall–Kier alpha value is -1.84. The van der Waals surface area contributed by atoms with Crippen molar-refractivity contribution < 1.29 is 5.11 Å². The molecule has 0 bridgehead atoms. The maximum absolute atomic E-state index is 10.1. The van der Waals surface area contributed by atoms with Gasteiger partial charge in [-0.15, -0.1) is 36.1 Å². The SMILES string of the molecule is CC=C(C)N1C(=C2C=CC=C[C-]2O)Sc2ccccc21. The molecule has 0 aromatic heterocycles. The van der Waals surface area contributed by atoms with Crippen molar-refractivity contribution in [3.05, 3.63) is 77.0 Å². The molecule has 0 atom stereocenters. The van der Waals surface area contributed by atoms with E-state index in [9.17, 15) is 5.11 Å². The summed E-state index contributed by atoms with van der Waals surface area (Å²) in [6.45, 7) is 4.12. The number of aliphatic hydroxyl groups excluding tert-OH is 1. The number of benzene rings is 1. The van der Waals surface area contributed by atoms with Crippen LogP contribution in [-0.4, -0.2) is 5.11 Å². The van der Waals surface area contributed by atoms with Crippen LogP contribution in [0.15, 0.2) is 75.8 Å². The summed E-state index contributed by atoms with van der Waals surface area (Å²) in [6.07, 6.45) is 9.89. The summed E-state index contributed by atoms with van der Waals surface area (Å²) >= 11 is 1.70. The minimum atomic E-state index is 0.316. The van der Waals surface area contributed by atoms with Gasteiger partial charge in [-0.05, 0) is 32.1 Å². The van der Waals surface area contributed by atoms with Gasteiger partial charge in [-0.1, -0.05) is 23.8 Å². The Bertz CT molecular complexity index is 655. The molecule has 0 amide bonds. The minimum Gasteiger partial charge on any atom is -0.407 e. The van der Waals surface area contributed by atoms with E-state index in [4.69, 9.17) is 0 Å². The van der Waals surface area contributed by atoms with Gasteiger partial charge in [-0.2, -0.15) is 0 Å². The number of hydrogen-bond donors (Lipinski definition) is 1.